The van der Waals surface area contributed by atoms with Crippen LogP contribution in [0.3, 0.4) is 0 Å². The fraction of sp³-hybridized carbons (Fsp3) is 0.474. The second-order valence-corrected chi connectivity index (χ2v) is 7.01. The van der Waals surface area contributed by atoms with Crippen LogP contribution < -0.4 is 10.9 Å². The Morgan fingerprint density at radius 2 is 1.92 bits per heavy atom. The second-order valence-electron chi connectivity index (χ2n) is 7.01. The number of aromatic nitrogens is 1. The van der Waals surface area contributed by atoms with Crippen molar-refractivity contribution < 1.29 is 4.79 Å². The summed E-state index contributed by atoms with van der Waals surface area (Å²) in [7, 11) is 0. The molecular formula is C19H23N3O2. The Morgan fingerprint density at radius 1 is 1.17 bits per heavy atom. The van der Waals surface area contributed by atoms with E-state index in [2.05, 4.69) is 10.3 Å². The van der Waals surface area contributed by atoms with Crippen LogP contribution in [0.15, 0.2) is 35.1 Å². The van der Waals surface area contributed by atoms with Crippen LogP contribution >= 0.6 is 0 Å². The van der Waals surface area contributed by atoms with Gasteiger partial charge in [0, 0.05) is 36.1 Å². The van der Waals surface area contributed by atoms with Crippen molar-refractivity contribution in [1.29, 1.82) is 0 Å². The maximum atomic E-state index is 12.9. The van der Waals surface area contributed by atoms with E-state index in [1.807, 2.05) is 29.2 Å². The van der Waals surface area contributed by atoms with Crippen LogP contribution in [0.2, 0.25) is 0 Å². The predicted octanol–water partition coefficient (Wildman–Crippen LogP) is 2.13. The summed E-state index contributed by atoms with van der Waals surface area (Å²) in [5.41, 5.74) is 1.01. The zero-order valence-corrected chi connectivity index (χ0v) is 13.8. The summed E-state index contributed by atoms with van der Waals surface area (Å²) in [5, 5.41) is 4.44. The molecule has 0 atom stereocenters. The molecule has 1 aromatic carbocycles. The van der Waals surface area contributed by atoms with E-state index in [0.717, 1.165) is 43.8 Å². The summed E-state index contributed by atoms with van der Waals surface area (Å²) in [6.07, 6.45) is 4.69. The Labute approximate surface area is 141 Å². The van der Waals surface area contributed by atoms with Gasteiger partial charge in [0.1, 0.15) is 0 Å². The molecule has 5 nitrogen and oxygen atoms in total. The van der Waals surface area contributed by atoms with Gasteiger partial charge in [0.25, 0.3) is 5.91 Å². The number of fused-ring (bicyclic) bond motifs is 1. The Bertz CT molecular complexity index is 802. The summed E-state index contributed by atoms with van der Waals surface area (Å²) >= 11 is 0. The highest BCUT2D eigenvalue weighted by Gasteiger charge is 2.27. The number of piperidine rings is 1. The number of nitrogens with one attached hydrogen (secondary N) is 2. The number of hydrogen-bond acceptors (Lipinski definition) is 3. The third-order valence-electron chi connectivity index (χ3n) is 5.16. The number of nitrogens with zero attached hydrogens (tertiary/aromatic N) is 1. The molecule has 5 heteroatoms. The van der Waals surface area contributed by atoms with Gasteiger partial charge < -0.3 is 15.2 Å². The minimum Gasteiger partial charge on any atom is -0.339 e. The van der Waals surface area contributed by atoms with Gasteiger partial charge in [-0.15, -0.1) is 0 Å². The van der Waals surface area contributed by atoms with Crippen molar-refractivity contribution in [1.82, 2.24) is 15.2 Å². The maximum absolute atomic E-state index is 12.9. The number of rotatable bonds is 4. The molecule has 2 heterocycles. The number of para-hydroxylation sites is 1. The zero-order chi connectivity index (χ0) is 16.5. The number of carbonyl (C=O) groups is 1. The molecule has 1 saturated carbocycles. The Kier molecular flexibility index (Phi) is 4.10. The molecule has 0 unspecified atom stereocenters. The lowest BCUT2D eigenvalue weighted by molar-refractivity contribution is 0.0707. The lowest BCUT2D eigenvalue weighted by Gasteiger charge is -2.32. The fourth-order valence-corrected chi connectivity index (χ4v) is 3.49. The summed E-state index contributed by atoms with van der Waals surface area (Å²) in [6.45, 7) is 2.63. The quantitative estimate of drug-likeness (QED) is 0.905. The Hall–Kier alpha value is -2.14. The highest BCUT2D eigenvalue weighted by molar-refractivity contribution is 6.05. The molecule has 1 aliphatic carbocycles. The van der Waals surface area contributed by atoms with Gasteiger partial charge in [-0.05, 0) is 44.2 Å². The first-order valence-electron chi connectivity index (χ1n) is 8.85. The number of amides is 1. The minimum atomic E-state index is -0.224. The molecule has 0 radical (unpaired) electrons. The topological polar surface area (TPSA) is 65.2 Å². The average molecular weight is 325 g/mol. The molecule has 1 aromatic heterocycles. The van der Waals surface area contributed by atoms with Crippen molar-refractivity contribution in [2.24, 2.45) is 5.92 Å². The van der Waals surface area contributed by atoms with Gasteiger partial charge >= 0.3 is 0 Å². The molecule has 1 saturated heterocycles. The standard InChI is InChI=1S/C19H23N3O2/c23-18-11-16(15-3-1-2-4-17(15)21-18)19(24)22-9-7-14(8-10-22)20-12-13-5-6-13/h1-4,11,13-14,20H,5-10,12H2,(H,21,23). The highest BCUT2D eigenvalue weighted by atomic mass is 16.2. The third kappa shape index (κ3) is 3.22. The lowest BCUT2D eigenvalue weighted by atomic mass is 10.0. The van der Waals surface area contributed by atoms with E-state index in [4.69, 9.17) is 0 Å². The average Bonchev–Trinajstić information content (AvgIpc) is 3.43. The number of carbonyl (C=O) groups excluding carboxylic acids is 1. The zero-order valence-electron chi connectivity index (χ0n) is 13.8. The first-order chi connectivity index (χ1) is 11.7. The minimum absolute atomic E-state index is 0.0297. The number of pyridine rings is 1. The van der Waals surface area contributed by atoms with Crippen molar-refractivity contribution >= 4 is 16.8 Å². The summed E-state index contributed by atoms with van der Waals surface area (Å²) in [4.78, 5) is 29.4. The molecule has 2 N–H and O–H groups in total. The molecule has 24 heavy (non-hydrogen) atoms. The summed E-state index contributed by atoms with van der Waals surface area (Å²) in [6, 6.07) is 9.44. The number of hydrogen-bond donors (Lipinski definition) is 2. The van der Waals surface area contributed by atoms with Gasteiger partial charge in [0.15, 0.2) is 0 Å². The first kappa shape index (κ1) is 15.4. The molecule has 4 rings (SSSR count). The molecule has 0 bridgehead atoms. The van der Waals surface area contributed by atoms with Crippen molar-refractivity contribution in [2.75, 3.05) is 19.6 Å². The smallest absolute Gasteiger partial charge is 0.254 e. The molecule has 1 amide bonds. The molecule has 2 aromatic rings. The second kappa shape index (κ2) is 6.40. The molecular weight excluding hydrogens is 302 g/mol. The van der Waals surface area contributed by atoms with Crippen LogP contribution in [0.5, 0.6) is 0 Å². The van der Waals surface area contributed by atoms with Crippen molar-refractivity contribution in [2.45, 2.75) is 31.7 Å². The van der Waals surface area contributed by atoms with E-state index < -0.39 is 0 Å². The van der Waals surface area contributed by atoms with E-state index in [0.29, 0.717) is 17.1 Å². The van der Waals surface area contributed by atoms with Gasteiger partial charge in [-0.25, -0.2) is 0 Å². The Balaban J connectivity index is 1.47. The lowest BCUT2D eigenvalue weighted by Crippen LogP contribution is -2.45. The molecule has 0 spiro atoms. The van der Waals surface area contributed by atoms with Crippen LogP contribution in [0.25, 0.3) is 10.9 Å². The largest absolute Gasteiger partial charge is 0.339 e. The van der Waals surface area contributed by atoms with Crippen LogP contribution in [0, 0.1) is 5.92 Å². The van der Waals surface area contributed by atoms with Crippen molar-refractivity contribution in [3.63, 3.8) is 0 Å². The van der Waals surface area contributed by atoms with E-state index in [9.17, 15) is 9.59 Å². The van der Waals surface area contributed by atoms with E-state index in [-0.39, 0.29) is 11.5 Å². The fourth-order valence-electron chi connectivity index (χ4n) is 3.49. The monoisotopic (exact) mass is 325 g/mol. The van der Waals surface area contributed by atoms with Crippen LogP contribution in [0.1, 0.15) is 36.0 Å². The molecule has 1 aliphatic heterocycles. The predicted molar refractivity (Wildman–Crippen MR) is 94.2 cm³/mol. The van der Waals surface area contributed by atoms with Gasteiger partial charge in [0.05, 0.1) is 5.56 Å². The van der Waals surface area contributed by atoms with Crippen LogP contribution in [-0.4, -0.2) is 41.5 Å². The van der Waals surface area contributed by atoms with Gasteiger partial charge in [-0.1, -0.05) is 18.2 Å². The van der Waals surface area contributed by atoms with E-state index >= 15 is 0 Å². The van der Waals surface area contributed by atoms with E-state index in [1.165, 1.54) is 18.9 Å². The van der Waals surface area contributed by atoms with Crippen molar-refractivity contribution in [3.8, 4) is 0 Å². The maximum Gasteiger partial charge on any atom is 0.254 e. The molecule has 2 aliphatic rings. The first-order valence-corrected chi connectivity index (χ1v) is 8.85. The number of likely N-dealkylation sites (tertiary alicyclic amines) is 1. The molecule has 126 valence electrons. The van der Waals surface area contributed by atoms with Gasteiger partial charge in [0.2, 0.25) is 5.56 Å². The normalized spacial score (nSPS) is 18.9. The van der Waals surface area contributed by atoms with Crippen molar-refractivity contribution in [3.05, 3.63) is 46.2 Å². The number of aromatic amines is 1. The van der Waals surface area contributed by atoms with Gasteiger partial charge in [-0.3, -0.25) is 9.59 Å². The SMILES string of the molecule is O=C(c1cc(=O)[nH]c2ccccc12)N1CCC(NCC2CC2)CC1. The van der Waals surface area contributed by atoms with Crippen LogP contribution in [0.4, 0.5) is 0 Å². The van der Waals surface area contributed by atoms with Crippen LogP contribution in [-0.2, 0) is 0 Å². The van der Waals surface area contributed by atoms with Gasteiger partial charge in [-0.2, -0.15) is 0 Å². The highest BCUT2D eigenvalue weighted by Crippen LogP contribution is 2.28. The summed E-state index contributed by atoms with van der Waals surface area (Å²) < 4.78 is 0. The number of H-pyrrole nitrogens is 1. The Morgan fingerprint density at radius 3 is 2.67 bits per heavy atom. The molecule has 2 fully saturated rings. The van der Waals surface area contributed by atoms with E-state index in [1.54, 1.807) is 0 Å². The third-order valence-corrected chi connectivity index (χ3v) is 5.16. The number of benzene rings is 1. The summed E-state index contributed by atoms with van der Waals surface area (Å²) in [5.74, 6) is 0.852.